The minimum Gasteiger partial charge on any atom is -0.490 e. The number of nitrogen functional groups attached to an aromatic ring is 1. The number of hydrazine groups is 1. The quantitative estimate of drug-likeness (QED) is 0.655. The number of benzene rings is 1. The van der Waals surface area contributed by atoms with Crippen molar-refractivity contribution in [1.29, 1.82) is 0 Å². The number of hydrogen-bond acceptors (Lipinski definition) is 6. The molecule has 6 heteroatoms. The summed E-state index contributed by atoms with van der Waals surface area (Å²) in [6, 6.07) is 8.62. The number of ether oxygens (including phenoxy) is 1. The Morgan fingerprint density at radius 1 is 1.35 bits per heavy atom. The van der Waals surface area contributed by atoms with Crippen LogP contribution in [0.3, 0.4) is 0 Å². The summed E-state index contributed by atoms with van der Waals surface area (Å²) in [5.74, 6) is 7.25. The van der Waals surface area contributed by atoms with Crippen molar-refractivity contribution in [3.63, 3.8) is 0 Å². The molecule has 20 heavy (non-hydrogen) atoms. The van der Waals surface area contributed by atoms with Crippen LogP contribution >= 0.6 is 0 Å². The number of rotatable bonds is 3. The fourth-order valence-electron chi connectivity index (χ4n) is 2.72. The number of para-hydroxylation sites is 1. The topological polar surface area (TPSA) is 76.3 Å². The van der Waals surface area contributed by atoms with Crippen molar-refractivity contribution in [2.24, 2.45) is 5.84 Å². The van der Waals surface area contributed by atoms with Crippen LogP contribution in [0.5, 0.6) is 5.75 Å². The Hall–Kier alpha value is -2.34. The van der Waals surface area contributed by atoms with Crippen LogP contribution in [-0.4, -0.2) is 23.1 Å². The van der Waals surface area contributed by atoms with Crippen LogP contribution in [0, 0.1) is 0 Å². The Kier molecular flexibility index (Phi) is 3.15. The van der Waals surface area contributed by atoms with Gasteiger partial charge in [0.15, 0.2) is 11.6 Å². The second kappa shape index (κ2) is 4.97. The van der Waals surface area contributed by atoms with E-state index in [2.05, 4.69) is 45.4 Å². The molecule has 1 aliphatic heterocycles. The van der Waals surface area contributed by atoms with Gasteiger partial charge in [-0.25, -0.2) is 15.8 Å². The molecule has 104 valence electrons. The van der Waals surface area contributed by atoms with Gasteiger partial charge in [-0.3, -0.25) is 0 Å². The Morgan fingerprint density at radius 2 is 2.15 bits per heavy atom. The summed E-state index contributed by atoms with van der Waals surface area (Å²) in [4.78, 5) is 10.6. The third kappa shape index (κ3) is 1.85. The smallest absolute Gasteiger partial charge is 0.206 e. The van der Waals surface area contributed by atoms with Crippen molar-refractivity contribution in [3.05, 3.63) is 36.2 Å². The van der Waals surface area contributed by atoms with E-state index in [-0.39, 0.29) is 0 Å². The normalized spacial score (nSPS) is 16.9. The molecule has 0 saturated heterocycles. The van der Waals surface area contributed by atoms with Crippen LogP contribution in [0.1, 0.15) is 12.5 Å². The first-order valence-electron chi connectivity index (χ1n) is 6.49. The van der Waals surface area contributed by atoms with Gasteiger partial charge in [-0.05, 0) is 25.0 Å². The lowest BCUT2D eigenvalue weighted by atomic mass is 10.1. The molecule has 2 aromatic rings. The molecule has 0 aliphatic carbocycles. The zero-order chi connectivity index (χ0) is 14.1. The fourth-order valence-corrected chi connectivity index (χ4v) is 2.72. The van der Waals surface area contributed by atoms with E-state index in [0.717, 1.165) is 17.9 Å². The van der Waals surface area contributed by atoms with Crippen molar-refractivity contribution in [2.75, 3.05) is 17.4 Å². The average Bonchev–Trinajstić information content (AvgIpc) is 2.81. The van der Waals surface area contributed by atoms with Crippen molar-refractivity contribution in [1.82, 2.24) is 9.97 Å². The highest BCUT2D eigenvalue weighted by Gasteiger charge is 2.30. The molecule has 1 atom stereocenters. The number of hydrogen-bond donors (Lipinski definition) is 2. The highest BCUT2D eigenvalue weighted by molar-refractivity contribution is 5.75. The summed E-state index contributed by atoms with van der Waals surface area (Å²) in [6.45, 7) is 2.16. The Balaban J connectivity index is 2.14. The Bertz CT molecular complexity index is 631. The van der Waals surface area contributed by atoms with Gasteiger partial charge in [0.25, 0.3) is 0 Å². The van der Waals surface area contributed by atoms with Crippen LogP contribution in [0.25, 0.3) is 0 Å². The summed E-state index contributed by atoms with van der Waals surface area (Å²) in [5, 5.41) is 0. The predicted octanol–water partition coefficient (Wildman–Crippen LogP) is 1.85. The molecule has 0 radical (unpaired) electrons. The van der Waals surface area contributed by atoms with Crippen molar-refractivity contribution >= 4 is 17.3 Å². The monoisotopic (exact) mass is 271 g/mol. The summed E-state index contributed by atoms with van der Waals surface area (Å²) in [6.07, 6.45) is 2.47. The molecule has 3 rings (SSSR count). The number of anilines is 3. The minimum atomic E-state index is 0.307. The van der Waals surface area contributed by atoms with Gasteiger partial charge in [-0.2, -0.15) is 0 Å². The molecule has 0 bridgehead atoms. The van der Waals surface area contributed by atoms with Crippen molar-refractivity contribution < 1.29 is 4.74 Å². The van der Waals surface area contributed by atoms with Gasteiger partial charge >= 0.3 is 0 Å². The molecule has 0 fully saturated rings. The van der Waals surface area contributed by atoms with E-state index in [1.54, 1.807) is 7.11 Å². The number of aromatic nitrogens is 2. The zero-order valence-electron chi connectivity index (χ0n) is 11.5. The second-order valence-corrected chi connectivity index (χ2v) is 4.78. The maximum Gasteiger partial charge on any atom is 0.206 e. The molecule has 6 nitrogen and oxygen atoms in total. The molecular formula is C14H17N5O. The van der Waals surface area contributed by atoms with Crippen LogP contribution in [0.15, 0.2) is 30.6 Å². The van der Waals surface area contributed by atoms with Crippen LogP contribution in [0.4, 0.5) is 17.3 Å². The molecule has 1 aromatic heterocycles. The van der Waals surface area contributed by atoms with Gasteiger partial charge in [0.1, 0.15) is 6.33 Å². The van der Waals surface area contributed by atoms with Crippen molar-refractivity contribution in [2.45, 2.75) is 19.4 Å². The van der Waals surface area contributed by atoms with Gasteiger partial charge < -0.3 is 15.1 Å². The van der Waals surface area contributed by atoms with Crippen LogP contribution in [0.2, 0.25) is 0 Å². The predicted molar refractivity (Wildman–Crippen MR) is 78.1 cm³/mol. The zero-order valence-corrected chi connectivity index (χ0v) is 11.5. The highest BCUT2D eigenvalue weighted by Crippen LogP contribution is 2.42. The molecule has 0 saturated carbocycles. The third-order valence-electron chi connectivity index (χ3n) is 3.56. The summed E-state index contributed by atoms with van der Waals surface area (Å²) < 4.78 is 5.43. The third-order valence-corrected chi connectivity index (χ3v) is 3.56. The van der Waals surface area contributed by atoms with Gasteiger partial charge in [0.2, 0.25) is 5.75 Å². The summed E-state index contributed by atoms with van der Waals surface area (Å²) >= 11 is 0. The molecule has 0 amide bonds. The van der Waals surface area contributed by atoms with Gasteiger partial charge in [0.05, 0.1) is 7.11 Å². The van der Waals surface area contributed by atoms with Gasteiger partial charge in [-0.15, -0.1) is 0 Å². The van der Waals surface area contributed by atoms with Gasteiger partial charge in [-0.1, -0.05) is 18.2 Å². The first-order valence-corrected chi connectivity index (χ1v) is 6.49. The van der Waals surface area contributed by atoms with Crippen LogP contribution < -0.4 is 20.9 Å². The van der Waals surface area contributed by atoms with E-state index in [1.165, 1.54) is 11.9 Å². The largest absolute Gasteiger partial charge is 0.490 e. The van der Waals surface area contributed by atoms with E-state index < -0.39 is 0 Å². The van der Waals surface area contributed by atoms with E-state index >= 15 is 0 Å². The Morgan fingerprint density at radius 3 is 2.90 bits per heavy atom. The minimum absolute atomic E-state index is 0.307. The first kappa shape index (κ1) is 12.7. The lowest BCUT2D eigenvalue weighted by Crippen LogP contribution is -2.26. The molecule has 1 unspecified atom stereocenters. The SMILES string of the molecule is COc1c(NN)ncnc1N1c2ccccc2CC1C. The van der Waals surface area contributed by atoms with Gasteiger partial charge in [0, 0.05) is 11.7 Å². The highest BCUT2D eigenvalue weighted by atomic mass is 16.5. The first-order chi connectivity index (χ1) is 9.76. The summed E-state index contributed by atoms with van der Waals surface area (Å²) in [5.41, 5.74) is 5.01. The van der Waals surface area contributed by atoms with E-state index in [4.69, 9.17) is 10.6 Å². The molecule has 3 N–H and O–H groups in total. The summed E-state index contributed by atoms with van der Waals surface area (Å²) in [7, 11) is 1.59. The molecule has 1 aromatic carbocycles. The number of methoxy groups -OCH3 is 1. The maximum atomic E-state index is 5.48. The molecule has 1 aliphatic rings. The number of nitrogens with zero attached hydrogens (tertiary/aromatic N) is 3. The van der Waals surface area contributed by atoms with Crippen LogP contribution in [-0.2, 0) is 6.42 Å². The standard InChI is InChI=1S/C14H17N5O/c1-9-7-10-5-3-4-6-11(10)19(9)14-12(20-2)13(18-15)16-8-17-14/h3-6,8-9H,7,15H2,1-2H3,(H,16,17,18). The lowest BCUT2D eigenvalue weighted by molar-refractivity contribution is 0.412. The number of nitrogens with one attached hydrogen (secondary N) is 1. The number of nitrogens with two attached hydrogens (primary N) is 1. The molecule has 0 spiro atoms. The average molecular weight is 271 g/mol. The van der Waals surface area contributed by atoms with E-state index in [9.17, 15) is 0 Å². The lowest BCUT2D eigenvalue weighted by Gasteiger charge is -2.25. The molecular weight excluding hydrogens is 254 g/mol. The molecule has 2 heterocycles. The Labute approximate surface area is 117 Å². The van der Waals surface area contributed by atoms with E-state index in [0.29, 0.717) is 17.6 Å². The second-order valence-electron chi connectivity index (χ2n) is 4.78. The fraction of sp³-hybridized carbons (Fsp3) is 0.286. The van der Waals surface area contributed by atoms with Crippen molar-refractivity contribution in [3.8, 4) is 5.75 Å². The van der Waals surface area contributed by atoms with E-state index in [1.807, 2.05) is 6.07 Å². The number of fused-ring (bicyclic) bond motifs is 1. The maximum absolute atomic E-state index is 5.48.